The van der Waals surface area contributed by atoms with E-state index in [1.807, 2.05) is 55.1 Å². The number of hydrogen-bond acceptors (Lipinski definition) is 3. The maximum atomic E-state index is 12.4. The second-order valence-corrected chi connectivity index (χ2v) is 6.58. The molecule has 0 unspecified atom stereocenters. The number of carbonyl (C=O) groups is 2. The van der Waals surface area contributed by atoms with Crippen molar-refractivity contribution in [2.75, 3.05) is 10.6 Å². The summed E-state index contributed by atoms with van der Waals surface area (Å²) in [5.74, 6) is -0.344. The van der Waals surface area contributed by atoms with E-state index in [0.717, 1.165) is 11.3 Å². The Morgan fingerprint density at radius 1 is 0.963 bits per heavy atom. The molecule has 0 aliphatic heterocycles. The minimum atomic E-state index is -0.198. The third-order valence-electron chi connectivity index (χ3n) is 4.05. The van der Waals surface area contributed by atoms with Crippen LogP contribution < -0.4 is 10.6 Å². The van der Waals surface area contributed by atoms with Crippen molar-refractivity contribution in [3.05, 3.63) is 78.1 Å². The number of amides is 2. The van der Waals surface area contributed by atoms with Gasteiger partial charge in [0.05, 0.1) is 6.54 Å². The summed E-state index contributed by atoms with van der Waals surface area (Å²) in [4.78, 5) is 24.1. The Morgan fingerprint density at radius 2 is 1.59 bits per heavy atom. The Labute approximate surface area is 158 Å². The SMILES string of the molecule is CC(C)C(=O)Nc1ccc(C(=O)Nc2ccc(Cn3cccn3)cc2)cc1. The second kappa shape index (κ2) is 8.31. The number of nitrogens with zero attached hydrogens (tertiary/aromatic N) is 2. The van der Waals surface area contributed by atoms with Gasteiger partial charge in [0.25, 0.3) is 5.91 Å². The molecule has 27 heavy (non-hydrogen) atoms. The Hall–Kier alpha value is -3.41. The first-order valence-corrected chi connectivity index (χ1v) is 8.80. The fourth-order valence-electron chi connectivity index (χ4n) is 2.47. The molecule has 138 valence electrons. The molecule has 0 bridgehead atoms. The van der Waals surface area contributed by atoms with E-state index in [4.69, 9.17) is 0 Å². The highest BCUT2D eigenvalue weighted by Gasteiger charge is 2.09. The monoisotopic (exact) mass is 362 g/mol. The lowest BCUT2D eigenvalue weighted by Gasteiger charge is -2.09. The maximum absolute atomic E-state index is 12.4. The zero-order valence-corrected chi connectivity index (χ0v) is 15.3. The van der Waals surface area contributed by atoms with E-state index in [2.05, 4.69) is 15.7 Å². The molecule has 0 radical (unpaired) electrons. The van der Waals surface area contributed by atoms with Crippen LogP contribution in [-0.4, -0.2) is 21.6 Å². The van der Waals surface area contributed by atoms with Gasteiger partial charge in [0.15, 0.2) is 0 Å². The molecule has 0 saturated carbocycles. The summed E-state index contributed by atoms with van der Waals surface area (Å²) in [7, 11) is 0. The van der Waals surface area contributed by atoms with E-state index in [1.54, 1.807) is 30.5 Å². The van der Waals surface area contributed by atoms with Crippen LogP contribution in [0.4, 0.5) is 11.4 Å². The molecule has 1 aromatic heterocycles. The average Bonchev–Trinajstić information content (AvgIpc) is 3.17. The maximum Gasteiger partial charge on any atom is 0.255 e. The first-order valence-electron chi connectivity index (χ1n) is 8.80. The van der Waals surface area contributed by atoms with Crippen LogP contribution in [0.25, 0.3) is 0 Å². The van der Waals surface area contributed by atoms with E-state index >= 15 is 0 Å². The molecule has 2 amide bonds. The van der Waals surface area contributed by atoms with Gasteiger partial charge in [-0.2, -0.15) is 5.10 Å². The van der Waals surface area contributed by atoms with E-state index < -0.39 is 0 Å². The fraction of sp³-hybridized carbons (Fsp3) is 0.190. The highest BCUT2D eigenvalue weighted by atomic mass is 16.2. The molecule has 0 spiro atoms. The number of anilines is 2. The number of carbonyl (C=O) groups excluding carboxylic acids is 2. The molecule has 3 rings (SSSR count). The van der Waals surface area contributed by atoms with Crippen LogP contribution >= 0.6 is 0 Å². The summed E-state index contributed by atoms with van der Waals surface area (Å²) in [5, 5.41) is 9.85. The van der Waals surface area contributed by atoms with Gasteiger partial charge in [-0.05, 0) is 48.0 Å². The standard InChI is InChI=1S/C21H22N4O2/c1-15(2)20(26)23-19-10-6-17(7-11-19)21(27)24-18-8-4-16(5-9-18)14-25-13-3-12-22-25/h3-13,15H,14H2,1-2H3,(H,23,26)(H,24,27). The molecule has 6 heteroatoms. The van der Waals surface area contributed by atoms with Gasteiger partial charge in [0.1, 0.15) is 0 Å². The topological polar surface area (TPSA) is 76.0 Å². The highest BCUT2D eigenvalue weighted by molar-refractivity contribution is 6.04. The Kier molecular flexibility index (Phi) is 5.66. The smallest absolute Gasteiger partial charge is 0.255 e. The predicted molar refractivity (Wildman–Crippen MR) is 106 cm³/mol. The third kappa shape index (κ3) is 5.04. The molecule has 0 saturated heterocycles. The van der Waals surface area contributed by atoms with Gasteiger partial charge in [0, 0.05) is 35.2 Å². The largest absolute Gasteiger partial charge is 0.326 e. The minimum absolute atomic E-state index is 0.0533. The summed E-state index contributed by atoms with van der Waals surface area (Å²) in [6, 6.07) is 16.4. The van der Waals surface area contributed by atoms with Gasteiger partial charge in [-0.15, -0.1) is 0 Å². The van der Waals surface area contributed by atoms with E-state index in [1.165, 1.54) is 0 Å². The molecule has 0 aliphatic carbocycles. The molecule has 3 aromatic rings. The number of hydrogen-bond donors (Lipinski definition) is 2. The first-order chi connectivity index (χ1) is 13.0. The lowest BCUT2D eigenvalue weighted by atomic mass is 10.1. The quantitative estimate of drug-likeness (QED) is 0.701. The number of rotatable bonds is 6. The predicted octanol–water partition coefficient (Wildman–Crippen LogP) is 3.78. The lowest BCUT2D eigenvalue weighted by Crippen LogP contribution is -2.18. The summed E-state index contributed by atoms with van der Waals surface area (Å²) < 4.78 is 1.84. The van der Waals surface area contributed by atoms with Gasteiger partial charge >= 0.3 is 0 Å². The van der Waals surface area contributed by atoms with Gasteiger partial charge in [-0.1, -0.05) is 26.0 Å². The summed E-state index contributed by atoms with van der Waals surface area (Å²) in [6.45, 7) is 4.35. The number of nitrogens with one attached hydrogen (secondary N) is 2. The van der Waals surface area contributed by atoms with Crippen molar-refractivity contribution in [1.29, 1.82) is 0 Å². The lowest BCUT2D eigenvalue weighted by molar-refractivity contribution is -0.118. The van der Waals surface area contributed by atoms with E-state index in [9.17, 15) is 9.59 Å². The van der Waals surface area contributed by atoms with Crippen molar-refractivity contribution in [1.82, 2.24) is 9.78 Å². The molecular weight excluding hydrogens is 340 g/mol. The van der Waals surface area contributed by atoms with Crippen molar-refractivity contribution < 1.29 is 9.59 Å². The van der Waals surface area contributed by atoms with Gasteiger partial charge in [-0.3, -0.25) is 14.3 Å². The zero-order valence-electron chi connectivity index (χ0n) is 15.3. The Morgan fingerprint density at radius 3 is 2.19 bits per heavy atom. The minimum Gasteiger partial charge on any atom is -0.326 e. The van der Waals surface area contributed by atoms with Crippen molar-refractivity contribution in [3.63, 3.8) is 0 Å². The first kappa shape index (κ1) is 18.4. The summed E-state index contributed by atoms with van der Waals surface area (Å²) in [5.41, 5.74) is 3.02. The van der Waals surface area contributed by atoms with Gasteiger partial charge < -0.3 is 10.6 Å². The zero-order chi connectivity index (χ0) is 19.2. The van der Waals surface area contributed by atoms with Crippen LogP contribution in [0.5, 0.6) is 0 Å². The normalized spacial score (nSPS) is 10.6. The van der Waals surface area contributed by atoms with Crippen LogP contribution in [0.15, 0.2) is 67.0 Å². The van der Waals surface area contributed by atoms with Gasteiger partial charge in [0.2, 0.25) is 5.91 Å². The van der Waals surface area contributed by atoms with Crippen LogP contribution in [0.1, 0.15) is 29.8 Å². The summed E-state index contributed by atoms with van der Waals surface area (Å²) in [6.07, 6.45) is 3.65. The van der Waals surface area contributed by atoms with Crippen LogP contribution in [-0.2, 0) is 11.3 Å². The highest BCUT2D eigenvalue weighted by Crippen LogP contribution is 2.15. The molecule has 0 aliphatic rings. The number of aromatic nitrogens is 2. The van der Waals surface area contributed by atoms with Crippen molar-refractivity contribution in [2.45, 2.75) is 20.4 Å². The van der Waals surface area contributed by atoms with Crippen molar-refractivity contribution >= 4 is 23.2 Å². The fourth-order valence-corrected chi connectivity index (χ4v) is 2.47. The van der Waals surface area contributed by atoms with Crippen molar-refractivity contribution in [2.24, 2.45) is 5.92 Å². The third-order valence-corrected chi connectivity index (χ3v) is 4.05. The van der Waals surface area contributed by atoms with Crippen LogP contribution in [0.3, 0.4) is 0 Å². The van der Waals surface area contributed by atoms with Crippen LogP contribution in [0.2, 0.25) is 0 Å². The molecule has 1 heterocycles. The van der Waals surface area contributed by atoms with E-state index in [0.29, 0.717) is 17.8 Å². The van der Waals surface area contributed by atoms with Crippen molar-refractivity contribution in [3.8, 4) is 0 Å². The second-order valence-electron chi connectivity index (χ2n) is 6.58. The molecule has 0 atom stereocenters. The average molecular weight is 362 g/mol. The number of benzene rings is 2. The molecular formula is C21H22N4O2. The molecule has 2 aromatic carbocycles. The Balaban J connectivity index is 1.59. The Bertz CT molecular complexity index is 898. The molecule has 0 fully saturated rings. The van der Waals surface area contributed by atoms with Crippen LogP contribution in [0, 0.1) is 5.92 Å². The van der Waals surface area contributed by atoms with E-state index in [-0.39, 0.29) is 17.7 Å². The van der Waals surface area contributed by atoms with Gasteiger partial charge in [-0.25, -0.2) is 0 Å². The molecule has 2 N–H and O–H groups in total. The summed E-state index contributed by atoms with van der Waals surface area (Å²) >= 11 is 0. The molecule has 6 nitrogen and oxygen atoms in total.